The minimum absolute atomic E-state index is 0.0245. The van der Waals surface area contributed by atoms with Crippen LogP contribution >= 0.6 is 0 Å². The Morgan fingerprint density at radius 2 is 1.68 bits per heavy atom. The van der Waals surface area contributed by atoms with Crippen molar-refractivity contribution in [2.75, 3.05) is 26.3 Å². The Hall–Kier alpha value is -2.26. The molecule has 6 heteroatoms. The molecule has 220 valence electrons. The SMILES string of the molecule is C[C@@H]1C(=O)C(C#N)=C[C@]2(C)C3=CC(=O)C4C5CC(C)(C)CC[C@]5(C(=O)N5CC6(COC6)C5)CC[C@@]4(C)[C@]3(C)CC[C@@H]12. The van der Waals surface area contributed by atoms with E-state index in [4.69, 9.17) is 4.74 Å². The summed E-state index contributed by atoms with van der Waals surface area (Å²) in [7, 11) is 0. The van der Waals surface area contributed by atoms with Gasteiger partial charge in [-0.15, -0.1) is 0 Å². The van der Waals surface area contributed by atoms with Crippen molar-refractivity contribution in [1.29, 1.82) is 5.26 Å². The van der Waals surface area contributed by atoms with Gasteiger partial charge in [0.05, 0.1) is 29.6 Å². The van der Waals surface area contributed by atoms with Crippen molar-refractivity contribution in [3.63, 3.8) is 0 Å². The van der Waals surface area contributed by atoms with E-state index in [9.17, 15) is 19.6 Å². The average molecular weight is 559 g/mol. The molecule has 7 rings (SSSR count). The van der Waals surface area contributed by atoms with E-state index in [0.29, 0.717) is 5.91 Å². The maximum absolute atomic E-state index is 14.6. The first-order valence-electron chi connectivity index (χ1n) is 16.0. The summed E-state index contributed by atoms with van der Waals surface area (Å²) in [4.78, 5) is 44.2. The lowest BCUT2D eigenvalue weighted by Gasteiger charge is -2.69. The highest BCUT2D eigenvalue weighted by molar-refractivity contribution is 6.02. The lowest BCUT2D eigenvalue weighted by molar-refractivity contribution is -0.214. The average Bonchev–Trinajstić information content (AvgIpc) is 2.85. The Bertz CT molecular complexity index is 1360. The van der Waals surface area contributed by atoms with Gasteiger partial charge in [-0.1, -0.05) is 53.2 Å². The smallest absolute Gasteiger partial charge is 0.229 e. The van der Waals surface area contributed by atoms with Gasteiger partial charge in [0.15, 0.2) is 11.6 Å². The molecule has 8 atom stereocenters. The number of nitrogens with zero attached hydrogens (tertiary/aromatic N) is 2. The first kappa shape index (κ1) is 27.6. The number of fused-ring (bicyclic) bond motifs is 7. The molecule has 5 fully saturated rings. The number of allylic oxidation sites excluding steroid dienone is 4. The van der Waals surface area contributed by atoms with Crippen molar-refractivity contribution in [3.05, 3.63) is 23.3 Å². The number of hydrogen-bond donors (Lipinski definition) is 0. The van der Waals surface area contributed by atoms with Gasteiger partial charge in [-0.3, -0.25) is 14.4 Å². The number of carbonyl (C=O) groups excluding carboxylic acids is 3. The second-order valence-electron chi connectivity index (χ2n) is 16.7. The zero-order valence-electron chi connectivity index (χ0n) is 25.8. The van der Waals surface area contributed by atoms with Gasteiger partial charge in [-0.05, 0) is 79.1 Å². The summed E-state index contributed by atoms with van der Waals surface area (Å²) in [5.74, 6) is 0.0906. The lowest BCUT2D eigenvalue weighted by atomic mass is 9.34. The number of carbonyl (C=O) groups is 3. The molecule has 2 unspecified atom stereocenters. The zero-order chi connectivity index (χ0) is 29.4. The van der Waals surface area contributed by atoms with Crippen LogP contribution in [0.3, 0.4) is 0 Å². The van der Waals surface area contributed by atoms with Crippen LogP contribution in [0.25, 0.3) is 0 Å². The van der Waals surface area contributed by atoms with Crippen LogP contribution in [0.2, 0.25) is 0 Å². The molecule has 0 N–H and O–H groups in total. The fourth-order valence-corrected chi connectivity index (χ4v) is 11.4. The number of nitriles is 1. The highest BCUT2D eigenvalue weighted by atomic mass is 16.5. The van der Waals surface area contributed by atoms with E-state index >= 15 is 0 Å². The second kappa shape index (κ2) is 8.22. The number of hydrogen-bond acceptors (Lipinski definition) is 5. The Morgan fingerprint density at radius 3 is 2.32 bits per heavy atom. The summed E-state index contributed by atoms with van der Waals surface area (Å²) >= 11 is 0. The standard InChI is InChI=1S/C35H46N2O4/c1-21-23-7-8-32(5)26(31(23,4)14-22(16-36)28(21)39)13-25(38)27-24-15-30(2,3)9-11-35(24,12-10-33(27,32)6)29(40)37-17-34(18-37)19-41-20-34/h13-14,21,23-24,27H,7-12,15,17-20H2,1-6H3/t21-,23-,24?,27?,31-,32+,33+,35-/m0/s1. The molecule has 2 aliphatic heterocycles. The highest BCUT2D eigenvalue weighted by Gasteiger charge is 2.71. The van der Waals surface area contributed by atoms with Crippen molar-refractivity contribution < 1.29 is 19.1 Å². The van der Waals surface area contributed by atoms with Gasteiger partial charge in [-0.25, -0.2) is 0 Å². The van der Waals surface area contributed by atoms with E-state index in [1.54, 1.807) is 0 Å². The predicted molar refractivity (Wildman–Crippen MR) is 154 cm³/mol. The third kappa shape index (κ3) is 3.31. The fraction of sp³-hybridized carbons (Fsp3) is 0.771. The lowest BCUT2D eigenvalue weighted by Crippen LogP contribution is -2.71. The summed E-state index contributed by atoms with van der Waals surface area (Å²) in [5, 5.41) is 9.85. The Labute approximate surface area is 244 Å². The van der Waals surface area contributed by atoms with E-state index < -0.39 is 10.8 Å². The number of Topliss-reactive ketones (excluding diaryl/α,β-unsaturated/α-hetero) is 1. The fourth-order valence-electron chi connectivity index (χ4n) is 11.4. The Kier molecular flexibility index (Phi) is 5.52. The molecule has 2 heterocycles. The molecule has 0 bridgehead atoms. The van der Waals surface area contributed by atoms with Gasteiger partial charge in [0.25, 0.3) is 0 Å². The third-order valence-corrected chi connectivity index (χ3v) is 14.1. The van der Waals surface area contributed by atoms with E-state index in [1.807, 2.05) is 19.1 Å². The molecular weight excluding hydrogens is 512 g/mol. The third-order valence-electron chi connectivity index (χ3n) is 14.1. The first-order valence-corrected chi connectivity index (χ1v) is 16.0. The number of ether oxygens (including phenoxy) is 1. The molecule has 1 amide bonds. The number of ketones is 2. The summed E-state index contributed by atoms with van der Waals surface area (Å²) < 4.78 is 5.49. The van der Waals surface area contributed by atoms with Crippen molar-refractivity contribution in [1.82, 2.24) is 4.90 Å². The molecule has 0 radical (unpaired) electrons. The minimum atomic E-state index is -0.498. The predicted octanol–water partition coefficient (Wildman–Crippen LogP) is 5.67. The summed E-state index contributed by atoms with van der Waals surface area (Å²) in [6.45, 7) is 16.6. The zero-order valence-corrected chi connectivity index (χ0v) is 25.8. The van der Waals surface area contributed by atoms with E-state index in [1.165, 1.54) is 0 Å². The van der Waals surface area contributed by atoms with Crippen LogP contribution in [0.15, 0.2) is 23.3 Å². The van der Waals surface area contributed by atoms with Crippen molar-refractivity contribution in [2.24, 2.45) is 56.2 Å². The molecule has 1 spiro atoms. The minimum Gasteiger partial charge on any atom is -0.380 e. The van der Waals surface area contributed by atoms with Gasteiger partial charge in [0.2, 0.25) is 5.91 Å². The van der Waals surface area contributed by atoms with E-state index in [-0.39, 0.29) is 62.5 Å². The Balaban J connectivity index is 1.32. The molecule has 7 aliphatic rings. The van der Waals surface area contributed by atoms with Gasteiger partial charge in [-0.2, -0.15) is 5.26 Å². The Morgan fingerprint density at radius 1 is 1.00 bits per heavy atom. The number of rotatable bonds is 1. The maximum atomic E-state index is 14.6. The molecule has 0 aromatic rings. The van der Waals surface area contributed by atoms with Crippen molar-refractivity contribution in [2.45, 2.75) is 86.5 Å². The first-order chi connectivity index (χ1) is 19.2. The number of amides is 1. The van der Waals surface area contributed by atoms with Crippen LogP contribution in [-0.2, 0) is 19.1 Å². The van der Waals surface area contributed by atoms with Crippen LogP contribution in [0, 0.1) is 67.5 Å². The van der Waals surface area contributed by atoms with Crippen LogP contribution in [0.1, 0.15) is 86.5 Å². The second-order valence-corrected chi connectivity index (χ2v) is 16.7. The maximum Gasteiger partial charge on any atom is 0.229 e. The monoisotopic (exact) mass is 558 g/mol. The van der Waals surface area contributed by atoms with E-state index in [2.05, 4.69) is 45.6 Å². The molecule has 3 saturated carbocycles. The normalized spacial score (nSPS) is 47.3. The summed E-state index contributed by atoms with van der Waals surface area (Å²) in [6.07, 6.45) is 10.2. The van der Waals surface area contributed by atoms with Crippen LogP contribution < -0.4 is 0 Å². The van der Waals surface area contributed by atoms with E-state index in [0.717, 1.165) is 76.8 Å². The number of likely N-dealkylation sites (tertiary alicyclic amines) is 1. The molecule has 0 aromatic carbocycles. The van der Waals surface area contributed by atoms with Crippen LogP contribution in [0.4, 0.5) is 0 Å². The summed E-state index contributed by atoms with van der Waals surface area (Å²) in [6, 6.07) is 2.18. The molecule has 0 aromatic heterocycles. The van der Waals surface area contributed by atoms with Gasteiger partial charge < -0.3 is 9.64 Å². The molecule has 2 saturated heterocycles. The topological polar surface area (TPSA) is 87.5 Å². The van der Waals surface area contributed by atoms with Gasteiger partial charge in [0, 0.05) is 30.3 Å². The largest absolute Gasteiger partial charge is 0.380 e. The van der Waals surface area contributed by atoms with Crippen molar-refractivity contribution >= 4 is 17.5 Å². The molecule has 41 heavy (non-hydrogen) atoms. The quantitative estimate of drug-likeness (QED) is 0.414. The van der Waals surface area contributed by atoms with Crippen molar-refractivity contribution in [3.8, 4) is 6.07 Å². The highest BCUT2D eigenvalue weighted by Crippen LogP contribution is 2.74. The van der Waals surface area contributed by atoms with Crippen LogP contribution in [0.5, 0.6) is 0 Å². The van der Waals surface area contributed by atoms with Gasteiger partial charge in [0.1, 0.15) is 6.07 Å². The summed E-state index contributed by atoms with van der Waals surface area (Å²) in [5.41, 5.74) is 0.137. The molecule has 6 nitrogen and oxygen atoms in total. The molecule has 5 aliphatic carbocycles. The van der Waals surface area contributed by atoms with Crippen LogP contribution in [-0.4, -0.2) is 48.7 Å². The van der Waals surface area contributed by atoms with Gasteiger partial charge >= 0.3 is 0 Å². The molecular formula is C35H46N2O4.